The van der Waals surface area contributed by atoms with Crippen LogP contribution in [0.4, 0.5) is 4.39 Å². The fourth-order valence-corrected chi connectivity index (χ4v) is 4.38. The van der Waals surface area contributed by atoms with Crippen LogP contribution in [0.25, 0.3) is 0 Å². The highest BCUT2D eigenvalue weighted by Crippen LogP contribution is 2.39. The third-order valence-corrected chi connectivity index (χ3v) is 5.71. The molecule has 1 aliphatic rings. The molecule has 0 heterocycles. The molecular formula is C20H22FNO3S. The van der Waals surface area contributed by atoms with E-state index >= 15 is 0 Å². The van der Waals surface area contributed by atoms with Crippen LogP contribution in [0.3, 0.4) is 0 Å². The normalized spacial score (nSPS) is 16.4. The summed E-state index contributed by atoms with van der Waals surface area (Å²) in [5.41, 5.74) is 1.57. The van der Waals surface area contributed by atoms with E-state index in [1.54, 1.807) is 36.4 Å². The number of carbonyl (C=O) groups excluding carboxylic acids is 1. The SMILES string of the molecule is CS(=O)(=O)Cc1ccc(C(=O)NC2(c3ccc(F)cc3)CCCC2)cc1. The lowest BCUT2D eigenvalue weighted by atomic mass is 9.87. The van der Waals surface area contributed by atoms with Gasteiger partial charge in [0.15, 0.2) is 9.84 Å². The van der Waals surface area contributed by atoms with Crippen molar-refractivity contribution < 1.29 is 17.6 Å². The van der Waals surface area contributed by atoms with E-state index in [0.29, 0.717) is 11.1 Å². The van der Waals surface area contributed by atoms with Crippen molar-refractivity contribution in [1.82, 2.24) is 5.32 Å². The fourth-order valence-electron chi connectivity index (χ4n) is 3.58. The van der Waals surface area contributed by atoms with Crippen molar-refractivity contribution in [3.63, 3.8) is 0 Å². The summed E-state index contributed by atoms with van der Waals surface area (Å²) in [6.07, 6.45) is 4.82. The van der Waals surface area contributed by atoms with Gasteiger partial charge in [-0.1, -0.05) is 37.1 Å². The van der Waals surface area contributed by atoms with Crippen LogP contribution in [0.5, 0.6) is 0 Å². The van der Waals surface area contributed by atoms with Crippen LogP contribution < -0.4 is 5.32 Å². The van der Waals surface area contributed by atoms with Crippen LogP contribution in [0.2, 0.25) is 0 Å². The Morgan fingerprint density at radius 3 is 2.15 bits per heavy atom. The molecule has 0 aliphatic heterocycles. The molecule has 26 heavy (non-hydrogen) atoms. The second-order valence-electron chi connectivity index (χ2n) is 7.02. The average Bonchev–Trinajstić information content (AvgIpc) is 3.04. The van der Waals surface area contributed by atoms with Crippen molar-refractivity contribution >= 4 is 15.7 Å². The summed E-state index contributed by atoms with van der Waals surface area (Å²) < 4.78 is 36.0. The maximum atomic E-state index is 13.3. The van der Waals surface area contributed by atoms with Crippen molar-refractivity contribution in [2.75, 3.05) is 6.26 Å². The molecule has 1 fully saturated rings. The molecule has 6 heteroatoms. The third kappa shape index (κ3) is 4.30. The lowest BCUT2D eigenvalue weighted by molar-refractivity contribution is 0.0898. The highest BCUT2D eigenvalue weighted by molar-refractivity contribution is 7.89. The molecule has 3 rings (SSSR count). The fraction of sp³-hybridized carbons (Fsp3) is 0.350. The van der Waals surface area contributed by atoms with Crippen molar-refractivity contribution in [3.8, 4) is 0 Å². The van der Waals surface area contributed by atoms with Gasteiger partial charge in [-0.2, -0.15) is 0 Å². The number of rotatable bonds is 5. The number of hydrogen-bond acceptors (Lipinski definition) is 3. The van der Waals surface area contributed by atoms with E-state index in [-0.39, 0.29) is 17.5 Å². The lowest BCUT2D eigenvalue weighted by Gasteiger charge is -2.31. The summed E-state index contributed by atoms with van der Waals surface area (Å²) in [6, 6.07) is 12.9. The zero-order valence-corrected chi connectivity index (χ0v) is 15.5. The average molecular weight is 375 g/mol. The minimum absolute atomic E-state index is 0.0472. The molecule has 138 valence electrons. The van der Waals surface area contributed by atoms with Gasteiger partial charge in [0.25, 0.3) is 5.91 Å². The Hall–Kier alpha value is -2.21. The molecule has 0 aromatic heterocycles. The van der Waals surface area contributed by atoms with E-state index in [4.69, 9.17) is 0 Å². The van der Waals surface area contributed by atoms with E-state index in [2.05, 4.69) is 5.32 Å². The van der Waals surface area contributed by atoms with Crippen LogP contribution in [0.1, 0.15) is 47.2 Å². The van der Waals surface area contributed by atoms with E-state index in [1.165, 1.54) is 18.4 Å². The Morgan fingerprint density at radius 1 is 1.04 bits per heavy atom. The van der Waals surface area contributed by atoms with Crippen LogP contribution in [-0.4, -0.2) is 20.6 Å². The molecule has 0 radical (unpaired) electrons. The van der Waals surface area contributed by atoms with Gasteiger partial charge in [0, 0.05) is 11.8 Å². The minimum Gasteiger partial charge on any atom is -0.343 e. The molecule has 1 N–H and O–H groups in total. The van der Waals surface area contributed by atoms with Gasteiger partial charge in [-0.3, -0.25) is 4.79 Å². The van der Waals surface area contributed by atoms with Crippen molar-refractivity contribution in [2.45, 2.75) is 37.0 Å². The highest BCUT2D eigenvalue weighted by atomic mass is 32.2. The van der Waals surface area contributed by atoms with E-state index < -0.39 is 15.4 Å². The summed E-state index contributed by atoms with van der Waals surface area (Å²) in [5.74, 6) is -0.550. The quantitative estimate of drug-likeness (QED) is 0.869. The van der Waals surface area contributed by atoms with Crippen LogP contribution in [0.15, 0.2) is 48.5 Å². The highest BCUT2D eigenvalue weighted by Gasteiger charge is 2.37. The molecular weight excluding hydrogens is 353 g/mol. The molecule has 1 saturated carbocycles. The number of halogens is 1. The molecule has 1 amide bonds. The first-order chi connectivity index (χ1) is 12.3. The summed E-state index contributed by atoms with van der Waals surface area (Å²) >= 11 is 0. The van der Waals surface area contributed by atoms with Gasteiger partial charge < -0.3 is 5.32 Å². The Bertz CT molecular complexity index is 884. The Balaban J connectivity index is 1.79. The molecule has 0 atom stereocenters. The van der Waals surface area contributed by atoms with Crippen LogP contribution in [-0.2, 0) is 21.1 Å². The van der Waals surface area contributed by atoms with Crippen LogP contribution in [0, 0.1) is 5.82 Å². The number of nitrogens with one attached hydrogen (secondary N) is 1. The van der Waals surface area contributed by atoms with Crippen molar-refractivity contribution in [1.29, 1.82) is 0 Å². The Labute approximate surface area is 153 Å². The minimum atomic E-state index is -3.11. The van der Waals surface area contributed by atoms with E-state index in [9.17, 15) is 17.6 Å². The van der Waals surface area contributed by atoms with Crippen molar-refractivity contribution in [2.24, 2.45) is 0 Å². The van der Waals surface area contributed by atoms with E-state index in [0.717, 1.165) is 31.2 Å². The molecule has 0 spiro atoms. The molecule has 1 aliphatic carbocycles. The standard InChI is InChI=1S/C20H22FNO3S/c1-26(24,25)14-15-4-6-16(7-5-15)19(23)22-20(12-2-3-13-20)17-8-10-18(21)11-9-17/h4-11H,2-3,12-14H2,1H3,(H,22,23). The van der Waals surface area contributed by atoms with Gasteiger partial charge in [-0.25, -0.2) is 12.8 Å². The predicted octanol–water partition coefficient (Wildman–Crippen LogP) is 3.57. The van der Waals surface area contributed by atoms with Gasteiger partial charge >= 0.3 is 0 Å². The van der Waals surface area contributed by atoms with Gasteiger partial charge in [-0.15, -0.1) is 0 Å². The lowest BCUT2D eigenvalue weighted by Crippen LogP contribution is -2.43. The zero-order chi connectivity index (χ0) is 18.8. The van der Waals surface area contributed by atoms with Crippen molar-refractivity contribution in [3.05, 3.63) is 71.0 Å². The second kappa shape index (κ2) is 7.19. The smallest absolute Gasteiger partial charge is 0.251 e. The first-order valence-corrected chi connectivity index (χ1v) is 10.7. The van der Waals surface area contributed by atoms with Crippen LogP contribution >= 0.6 is 0 Å². The monoisotopic (exact) mass is 375 g/mol. The number of amides is 1. The maximum Gasteiger partial charge on any atom is 0.251 e. The molecule has 2 aromatic rings. The summed E-state index contributed by atoms with van der Waals surface area (Å²) in [4.78, 5) is 12.7. The third-order valence-electron chi connectivity index (χ3n) is 4.85. The molecule has 2 aromatic carbocycles. The van der Waals surface area contributed by atoms with Gasteiger partial charge in [-0.05, 0) is 48.2 Å². The Morgan fingerprint density at radius 2 is 1.62 bits per heavy atom. The van der Waals surface area contributed by atoms with Gasteiger partial charge in [0.2, 0.25) is 0 Å². The topological polar surface area (TPSA) is 63.2 Å². The van der Waals surface area contributed by atoms with E-state index in [1.807, 2.05) is 0 Å². The Kier molecular flexibility index (Phi) is 5.14. The zero-order valence-electron chi connectivity index (χ0n) is 14.7. The molecule has 0 unspecified atom stereocenters. The summed E-state index contributed by atoms with van der Waals surface area (Å²) in [6.45, 7) is 0. The molecule has 4 nitrogen and oxygen atoms in total. The second-order valence-corrected chi connectivity index (χ2v) is 9.16. The first-order valence-electron chi connectivity index (χ1n) is 8.63. The number of carbonyl (C=O) groups is 1. The molecule has 0 bridgehead atoms. The predicted molar refractivity (Wildman–Crippen MR) is 99.0 cm³/mol. The van der Waals surface area contributed by atoms with Gasteiger partial charge in [0.05, 0.1) is 11.3 Å². The number of benzene rings is 2. The van der Waals surface area contributed by atoms with Gasteiger partial charge in [0.1, 0.15) is 5.82 Å². The molecule has 0 saturated heterocycles. The summed E-state index contributed by atoms with van der Waals surface area (Å²) in [7, 11) is -3.11. The number of sulfone groups is 1. The first kappa shape index (κ1) is 18.6. The maximum absolute atomic E-state index is 13.3. The summed E-state index contributed by atoms with van der Waals surface area (Å²) in [5, 5.41) is 3.13. The number of hydrogen-bond donors (Lipinski definition) is 1. The largest absolute Gasteiger partial charge is 0.343 e.